The Hall–Kier alpha value is -0.790. The molecule has 0 spiro atoms. The highest BCUT2D eigenvalue weighted by Crippen LogP contribution is 1.72. The quantitative estimate of drug-likeness (QED) is 0.437. The molecule has 0 saturated carbocycles. The molecule has 0 bridgehead atoms. The predicted molar refractivity (Wildman–Crippen MR) is 22.0 cm³/mol. The van der Waals surface area contributed by atoms with Gasteiger partial charge >= 0.3 is 0 Å². The lowest BCUT2D eigenvalue weighted by atomic mass is 10.9. The Bertz CT molecular complexity index is 109. The van der Waals surface area contributed by atoms with E-state index in [1.807, 2.05) is 11.6 Å². The summed E-state index contributed by atoms with van der Waals surface area (Å²) in [6.07, 6.45) is 6.10. The molecule has 0 aliphatic heterocycles. The zero-order valence-corrected chi connectivity index (χ0v) is 3.55. The van der Waals surface area contributed by atoms with Crippen LogP contribution >= 0.6 is 0 Å². The van der Waals surface area contributed by atoms with E-state index in [4.69, 9.17) is 0 Å². The number of rotatable bonds is 0. The van der Waals surface area contributed by atoms with E-state index in [1.165, 1.54) is 0 Å². The molecule has 0 aliphatic rings. The Morgan fingerprint density at radius 2 is 2.67 bits per heavy atom. The summed E-state index contributed by atoms with van der Waals surface area (Å²) in [7, 11) is 1.91. The van der Waals surface area contributed by atoms with Crippen LogP contribution in [0.5, 0.6) is 0 Å². The van der Waals surface area contributed by atoms with Crippen molar-refractivity contribution in [3.8, 4) is 0 Å². The number of aromatic nitrogens is 2. The van der Waals surface area contributed by atoms with Gasteiger partial charge in [-0.25, -0.2) is 4.98 Å². The fourth-order valence-electron chi connectivity index (χ4n) is 0.282. The lowest BCUT2D eigenvalue weighted by molar-refractivity contribution is 0.913. The highest BCUT2D eigenvalue weighted by atomic mass is 15.0. The van der Waals surface area contributed by atoms with Crippen LogP contribution in [0.4, 0.5) is 0 Å². The van der Waals surface area contributed by atoms with E-state index < -0.39 is 0 Å². The predicted octanol–water partition coefficient (Wildman–Crippen LogP) is 0.220. The summed E-state index contributed by atoms with van der Waals surface area (Å²) in [4.78, 5) is 3.66. The second kappa shape index (κ2) is 1.12. The molecule has 2 nitrogen and oxygen atoms in total. The summed E-state index contributed by atoms with van der Waals surface area (Å²) in [5.41, 5.74) is 0. The third-order valence-electron chi connectivity index (χ3n) is 0.576. The molecule has 31 valence electrons. The van der Waals surface area contributed by atoms with Gasteiger partial charge in [-0.1, -0.05) is 0 Å². The van der Waals surface area contributed by atoms with Gasteiger partial charge in [-0.05, 0) is 0 Å². The highest BCUT2D eigenvalue weighted by molar-refractivity contribution is 4.67. The maximum absolute atomic E-state index is 3.66. The SMILES string of the molecule is Cn1c[c]nc1. The number of nitrogens with zero attached hydrogens (tertiary/aromatic N) is 2. The van der Waals surface area contributed by atoms with Crippen LogP contribution in [0.3, 0.4) is 0 Å². The van der Waals surface area contributed by atoms with Crippen molar-refractivity contribution in [3.63, 3.8) is 0 Å². The molecular formula is C4H5N2. The zero-order valence-electron chi connectivity index (χ0n) is 3.55. The fourth-order valence-corrected chi connectivity index (χ4v) is 0.282. The monoisotopic (exact) mass is 81.0 g/mol. The molecule has 0 saturated heterocycles. The van der Waals surface area contributed by atoms with E-state index in [2.05, 4.69) is 11.2 Å². The van der Waals surface area contributed by atoms with Crippen molar-refractivity contribution < 1.29 is 0 Å². The van der Waals surface area contributed by atoms with Gasteiger partial charge in [0.25, 0.3) is 0 Å². The maximum Gasteiger partial charge on any atom is 0.108 e. The summed E-state index contributed by atoms with van der Waals surface area (Å²) in [6.45, 7) is 0. The molecule has 0 atom stereocenters. The third kappa shape index (κ3) is 0.407. The average Bonchev–Trinajstić information content (AvgIpc) is 1.86. The van der Waals surface area contributed by atoms with Crippen LogP contribution in [-0.2, 0) is 7.05 Å². The van der Waals surface area contributed by atoms with Crippen LogP contribution in [0.15, 0.2) is 12.5 Å². The average molecular weight is 81.1 g/mol. The zero-order chi connectivity index (χ0) is 4.41. The minimum Gasteiger partial charge on any atom is -0.340 e. The van der Waals surface area contributed by atoms with Gasteiger partial charge in [0.15, 0.2) is 0 Å². The van der Waals surface area contributed by atoms with Crippen molar-refractivity contribution in [2.24, 2.45) is 7.05 Å². The van der Waals surface area contributed by atoms with Crippen LogP contribution in [0.25, 0.3) is 0 Å². The molecule has 1 rings (SSSR count). The minimum absolute atomic E-state index is 1.69. The fraction of sp³-hybridized carbons (Fsp3) is 0.250. The van der Waals surface area contributed by atoms with E-state index in [1.54, 1.807) is 12.5 Å². The number of hydrogen-bond donors (Lipinski definition) is 0. The summed E-state index contributed by atoms with van der Waals surface area (Å²) >= 11 is 0. The Kier molecular flexibility index (Phi) is 0.638. The molecule has 0 aliphatic carbocycles. The largest absolute Gasteiger partial charge is 0.340 e. The summed E-state index contributed by atoms with van der Waals surface area (Å²) in [5, 5.41) is 0. The molecule has 0 aromatic carbocycles. The van der Waals surface area contributed by atoms with Gasteiger partial charge in [-0.15, -0.1) is 0 Å². The Morgan fingerprint density at radius 1 is 1.83 bits per heavy atom. The summed E-state index contributed by atoms with van der Waals surface area (Å²) in [5.74, 6) is 0. The van der Waals surface area contributed by atoms with Gasteiger partial charge in [0.05, 0.1) is 6.33 Å². The van der Waals surface area contributed by atoms with Crippen molar-refractivity contribution in [2.75, 3.05) is 0 Å². The van der Waals surface area contributed by atoms with Crippen molar-refractivity contribution in [1.29, 1.82) is 0 Å². The van der Waals surface area contributed by atoms with Crippen LogP contribution < -0.4 is 0 Å². The van der Waals surface area contributed by atoms with Crippen molar-refractivity contribution in [3.05, 3.63) is 18.7 Å². The first-order valence-corrected chi connectivity index (χ1v) is 1.73. The minimum atomic E-state index is 1.69. The lowest BCUT2D eigenvalue weighted by Gasteiger charge is -1.76. The Labute approximate surface area is 36.4 Å². The van der Waals surface area contributed by atoms with E-state index in [9.17, 15) is 0 Å². The molecule has 1 aromatic heterocycles. The lowest BCUT2D eigenvalue weighted by Crippen LogP contribution is -1.76. The first-order valence-electron chi connectivity index (χ1n) is 1.73. The molecule has 2 heteroatoms. The topological polar surface area (TPSA) is 17.8 Å². The van der Waals surface area contributed by atoms with Gasteiger partial charge in [-0.3, -0.25) is 0 Å². The van der Waals surface area contributed by atoms with Crippen LogP contribution in [0, 0.1) is 6.20 Å². The molecule has 1 heterocycles. The molecule has 0 fully saturated rings. The second-order valence-corrected chi connectivity index (χ2v) is 1.17. The molecule has 1 radical (unpaired) electrons. The normalized spacial score (nSPS) is 8.83. The smallest absolute Gasteiger partial charge is 0.108 e. The first-order chi connectivity index (χ1) is 2.89. The molecular weight excluding hydrogens is 76.1 g/mol. The molecule has 0 N–H and O–H groups in total. The maximum atomic E-state index is 3.66. The number of hydrogen-bond acceptors (Lipinski definition) is 1. The van der Waals surface area contributed by atoms with Gasteiger partial charge in [0.2, 0.25) is 0 Å². The standard InChI is InChI=1S/C4H5N2/c1-6-3-2-5-4-6/h3-4H,1H3. The molecule has 1 aromatic rings. The summed E-state index contributed by atoms with van der Waals surface area (Å²) < 4.78 is 1.83. The van der Waals surface area contributed by atoms with Crippen LogP contribution in [0.1, 0.15) is 0 Å². The van der Waals surface area contributed by atoms with Crippen LogP contribution in [-0.4, -0.2) is 9.55 Å². The highest BCUT2D eigenvalue weighted by Gasteiger charge is 1.70. The van der Waals surface area contributed by atoms with E-state index in [0.717, 1.165) is 0 Å². The van der Waals surface area contributed by atoms with Gasteiger partial charge in [0, 0.05) is 13.2 Å². The van der Waals surface area contributed by atoms with Crippen molar-refractivity contribution in [2.45, 2.75) is 0 Å². The number of imidazole rings is 1. The number of aryl methyl sites for hydroxylation is 1. The molecule has 0 amide bonds. The van der Waals surface area contributed by atoms with Gasteiger partial charge in [-0.2, -0.15) is 0 Å². The third-order valence-corrected chi connectivity index (χ3v) is 0.576. The molecule has 6 heavy (non-hydrogen) atoms. The molecule has 0 unspecified atom stereocenters. The Morgan fingerprint density at radius 3 is 2.83 bits per heavy atom. The van der Waals surface area contributed by atoms with Gasteiger partial charge < -0.3 is 4.57 Å². The van der Waals surface area contributed by atoms with E-state index >= 15 is 0 Å². The van der Waals surface area contributed by atoms with Gasteiger partial charge in [0.1, 0.15) is 6.20 Å². The van der Waals surface area contributed by atoms with E-state index in [-0.39, 0.29) is 0 Å². The van der Waals surface area contributed by atoms with E-state index in [0.29, 0.717) is 0 Å². The van der Waals surface area contributed by atoms with Crippen LogP contribution in [0.2, 0.25) is 0 Å². The van der Waals surface area contributed by atoms with Crippen molar-refractivity contribution in [1.82, 2.24) is 9.55 Å². The second-order valence-electron chi connectivity index (χ2n) is 1.17. The first kappa shape index (κ1) is 3.40. The van der Waals surface area contributed by atoms with Crippen molar-refractivity contribution >= 4 is 0 Å². The summed E-state index contributed by atoms with van der Waals surface area (Å²) in [6, 6.07) is 0. The Balaban J connectivity index is 3.05.